The Morgan fingerprint density at radius 2 is 2.00 bits per heavy atom. The van der Waals surface area contributed by atoms with Crippen molar-refractivity contribution < 1.29 is 9.63 Å². The molecule has 0 unspecified atom stereocenters. The van der Waals surface area contributed by atoms with Gasteiger partial charge in [-0.2, -0.15) is 0 Å². The van der Waals surface area contributed by atoms with Gasteiger partial charge in [0.05, 0.1) is 5.71 Å². The van der Waals surface area contributed by atoms with Gasteiger partial charge in [-0.05, 0) is 25.7 Å². The molecule has 0 aromatic rings. The van der Waals surface area contributed by atoms with E-state index in [2.05, 4.69) is 9.99 Å². The minimum atomic E-state index is -0.830. The van der Waals surface area contributed by atoms with Gasteiger partial charge in [-0.15, -0.1) is 0 Å². The van der Waals surface area contributed by atoms with E-state index in [4.69, 9.17) is 5.73 Å². The van der Waals surface area contributed by atoms with E-state index in [1.54, 1.807) is 0 Å². The van der Waals surface area contributed by atoms with Gasteiger partial charge in [0.25, 0.3) is 0 Å². The fraction of sp³-hybridized carbons (Fsp3) is 0.714. The highest BCUT2D eigenvalue weighted by Gasteiger charge is 2.07. The van der Waals surface area contributed by atoms with Gasteiger partial charge in [-0.25, -0.2) is 4.79 Å². The first-order valence-corrected chi connectivity index (χ1v) is 3.81. The minimum absolute atomic E-state index is 0.830. The van der Waals surface area contributed by atoms with Crippen LogP contribution in [0, 0.1) is 0 Å². The molecule has 0 aliphatic heterocycles. The van der Waals surface area contributed by atoms with Crippen LogP contribution in [0.1, 0.15) is 32.1 Å². The molecule has 1 amide bonds. The first kappa shape index (κ1) is 8.04. The summed E-state index contributed by atoms with van der Waals surface area (Å²) in [5.74, 6) is 0. The topological polar surface area (TPSA) is 64.7 Å². The molecule has 0 saturated heterocycles. The number of carbonyl (C=O) groups is 1. The van der Waals surface area contributed by atoms with E-state index in [1.807, 2.05) is 0 Å². The molecule has 62 valence electrons. The Kier molecular flexibility index (Phi) is 2.89. The smallest absolute Gasteiger partial charge is 0.333 e. The summed E-state index contributed by atoms with van der Waals surface area (Å²) in [7, 11) is 0. The fourth-order valence-corrected chi connectivity index (χ4v) is 1.16. The molecule has 2 N–H and O–H groups in total. The zero-order chi connectivity index (χ0) is 8.10. The van der Waals surface area contributed by atoms with E-state index in [-0.39, 0.29) is 0 Å². The lowest BCUT2D eigenvalue weighted by molar-refractivity contribution is 0.160. The Bertz CT molecular complexity index is 169. The first-order chi connectivity index (χ1) is 5.29. The molecule has 11 heavy (non-hydrogen) atoms. The number of hydrogen-bond donors (Lipinski definition) is 1. The van der Waals surface area contributed by atoms with E-state index < -0.39 is 6.09 Å². The summed E-state index contributed by atoms with van der Waals surface area (Å²) >= 11 is 0. The molecule has 0 atom stereocenters. The number of hydrogen-bond acceptors (Lipinski definition) is 3. The molecular formula is C7H12N2O2. The predicted molar refractivity (Wildman–Crippen MR) is 41.2 cm³/mol. The first-order valence-electron chi connectivity index (χ1n) is 3.81. The Labute approximate surface area is 65.4 Å². The van der Waals surface area contributed by atoms with E-state index in [9.17, 15) is 4.79 Å². The molecule has 0 radical (unpaired) electrons. The predicted octanol–water partition coefficient (Wildman–Crippen LogP) is 1.40. The zero-order valence-electron chi connectivity index (χ0n) is 6.38. The largest absolute Gasteiger partial charge is 0.430 e. The maximum Gasteiger partial charge on any atom is 0.430 e. The van der Waals surface area contributed by atoms with Crippen LogP contribution in [0.4, 0.5) is 4.79 Å². The molecule has 1 fully saturated rings. The van der Waals surface area contributed by atoms with Crippen LogP contribution in [0.5, 0.6) is 0 Å². The Morgan fingerprint density at radius 3 is 2.55 bits per heavy atom. The molecule has 0 spiro atoms. The second kappa shape index (κ2) is 3.95. The van der Waals surface area contributed by atoms with Crippen molar-refractivity contribution in [3.05, 3.63) is 0 Å². The van der Waals surface area contributed by atoms with Gasteiger partial charge < -0.3 is 5.73 Å². The highest BCUT2D eigenvalue weighted by atomic mass is 16.7. The monoisotopic (exact) mass is 156 g/mol. The number of amides is 1. The second-order valence-corrected chi connectivity index (χ2v) is 2.63. The summed E-state index contributed by atoms with van der Waals surface area (Å²) in [6, 6.07) is 0. The van der Waals surface area contributed by atoms with Crippen LogP contribution >= 0.6 is 0 Å². The molecule has 0 heterocycles. The minimum Gasteiger partial charge on any atom is -0.333 e. The van der Waals surface area contributed by atoms with Crippen molar-refractivity contribution >= 4 is 11.8 Å². The highest BCUT2D eigenvalue weighted by Crippen LogP contribution is 2.14. The molecule has 4 nitrogen and oxygen atoms in total. The number of oxime groups is 1. The van der Waals surface area contributed by atoms with E-state index >= 15 is 0 Å². The molecule has 1 rings (SSSR count). The van der Waals surface area contributed by atoms with Crippen LogP contribution in [0.3, 0.4) is 0 Å². The average Bonchev–Trinajstić information content (AvgIpc) is 2.03. The summed E-state index contributed by atoms with van der Waals surface area (Å²) < 4.78 is 0. The molecule has 0 aromatic heterocycles. The van der Waals surface area contributed by atoms with Crippen molar-refractivity contribution in [1.82, 2.24) is 0 Å². The van der Waals surface area contributed by atoms with Gasteiger partial charge in [0.1, 0.15) is 0 Å². The Balaban J connectivity index is 2.32. The maximum atomic E-state index is 10.1. The summed E-state index contributed by atoms with van der Waals surface area (Å²) in [4.78, 5) is 14.4. The molecule has 1 saturated carbocycles. The quantitative estimate of drug-likeness (QED) is 0.460. The SMILES string of the molecule is NC(=O)ON=C1CCCCC1. The van der Waals surface area contributed by atoms with Crippen molar-refractivity contribution in [2.24, 2.45) is 10.9 Å². The molecule has 0 aromatic carbocycles. The summed E-state index contributed by atoms with van der Waals surface area (Å²) in [5, 5.41) is 3.62. The standard InChI is InChI=1S/C7H12N2O2/c8-7(10)11-9-6-4-2-1-3-5-6/h1-5H2,(H2,8,10). The normalized spacial score (nSPS) is 17.6. The second-order valence-electron chi connectivity index (χ2n) is 2.63. The lowest BCUT2D eigenvalue weighted by Crippen LogP contribution is -2.12. The number of carbonyl (C=O) groups excluding carboxylic acids is 1. The number of primary amides is 1. The van der Waals surface area contributed by atoms with Crippen LogP contribution in [0.25, 0.3) is 0 Å². The van der Waals surface area contributed by atoms with Crippen molar-refractivity contribution in [1.29, 1.82) is 0 Å². The number of nitrogens with zero attached hydrogens (tertiary/aromatic N) is 1. The maximum absolute atomic E-state index is 10.1. The number of nitrogens with two attached hydrogens (primary N) is 1. The summed E-state index contributed by atoms with van der Waals surface area (Å²) in [6.45, 7) is 0. The van der Waals surface area contributed by atoms with Crippen molar-refractivity contribution in [2.75, 3.05) is 0 Å². The van der Waals surface area contributed by atoms with Crippen LogP contribution < -0.4 is 5.73 Å². The lowest BCUT2D eigenvalue weighted by Gasteiger charge is -2.10. The van der Waals surface area contributed by atoms with Crippen LogP contribution in [0.15, 0.2) is 5.16 Å². The van der Waals surface area contributed by atoms with Crippen molar-refractivity contribution in [3.63, 3.8) is 0 Å². The highest BCUT2D eigenvalue weighted by molar-refractivity contribution is 5.85. The van der Waals surface area contributed by atoms with Crippen LogP contribution in [0.2, 0.25) is 0 Å². The third-order valence-corrected chi connectivity index (χ3v) is 1.70. The van der Waals surface area contributed by atoms with Crippen molar-refractivity contribution in [2.45, 2.75) is 32.1 Å². The van der Waals surface area contributed by atoms with E-state index in [0.717, 1.165) is 31.4 Å². The van der Waals surface area contributed by atoms with Gasteiger partial charge in [0, 0.05) is 0 Å². The van der Waals surface area contributed by atoms with Crippen LogP contribution in [-0.2, 0) is 4.84 Å². The summed E-state index contributed by atoms with van der Waals surface area (Å²) in [5.41, 5.74) is 5.70. The van der Waals surface area contributed by atoms with Crippen LogP contribution in [-0.4, -0.2) is 11.8 Å². The molecule has 1 aliphatic rings. The van der Waals surface area contributed by atoms with Gasteiger partial charge >= 0.3 is 6.09 Å². The summed E-state index contributed by atoms with van der Waals surface area (Å²) in [6.07, 6.45) is 4.57. The van der Waals surface area contributed by atoms with E-state index in [1.165, 1.54) is 6.42 Å². The molecule has 1 aliphatic carbocycles. The van der Waals surface area contributed by atoms with Gasteiger partial charge in [-0.3, -0.25) is 4.84 Å². The Morgan fingerprint density at radius 1 is 1.36 bits per heavy atom. The zero-order valence-corrected chi connectivity index (χ0v) is 6.38. The van der Waals surface area contributed by atoms with Gasteiger partial charge in [0.15, 0.2) is 0 Å². The van der Waals surface area contributed by atoms with Gasteiger partial charge in [0.2, 0.25) is 0 Å². The van der Waals surface area contributed by atoms with Gasteiger partial charge in [-0.1, -0.05) is 11.6 Å². The molecular weight excluding hydrogens is 144 g/mol. The fourth-order valence-electron chi connectivity index (χ4n) is 1.16. The third-order valence-electron chi connectivity index (χ3n) is 1.70. The van der Waals surface area contributed by atoms with Crippen molar-refractivity contribution in [3.8, 4) is 0 Å². The third kappa shape index (κ3) is 3.02. The average molecular weight is 156 g/mol. The molecule has 0 bridgehead atoms. The lowest BCUT2D eigenvalue weighted by atomic mass is 9.99. The van der Waals surface area contributed by atoms with E-state index in [0.29, 0.717) is 0 Å². The molecule has 4 heteroatoms. The Hall–Kier alpha value is -1.06. The number of rotatable bonds is 1.